The molecule has 0 aliphatic heterocycles. The molecule has 4 nitrogen and oxygen atoms in total. The fourth-order valence-corrected chi connectivity index (χ4v) is 2.50. The Bertz CT molecular complexity index is 589. The van der Waals surface area contributed by atoms with Gasteiger partial charge in [0.25, 0.3) is 0 Å². The van der Waals surface area contributed by atoms with E-state index in [1.165, 1.54) is 5.56 Å². The molecule has 1 unspecified atom stereocenters. The van der Waals surface area contributed by atoms with Crippen LogP contribution in [0, 0.1) is 0 Å². The van der Waals surface area contributed by atoms with Gasteiger partial charge in [0.15, 0.2) is 0 Å². The molecule has 1 atom stereocenters. The van der Waals surface area contributed by atoms with Crippen LogP contribution in [0.3, 0.4) is 0 Å². The normalized spacial score (nSPS) is 12.0. The van der Waals surface area contributed by atoms with E-state index in [0.717, 1.165) is 21.3 Å². The third-order valence-electron chi connectivity index (χ3n) is 2.78. The van der Waals surface area contributed by atoms with Crippen LogP contribution in [0.25, 0.3) is 0 Å². The minimum Gasteiger partial charge on any atom is -0.362 e. The maximum Gasteiger partial charge on any atom is 0.224 e. The summed E-state index contributed by atoms with van der Waals surface area (Å²) in [7, 11) is 0. The average molecular weight is 400 g/mol. The molecule has 2 aromatic rings. The van der Waals surface area contributed by atoms with Gasteiger partial charge in [0.2, 0.25) is 5.95 Å². The summed E-state index contributed by atoms with van der Waals surface area (Å²) in [6, 6.07) is 8.37. The molecule has 1 aromatic carbocycles. The third kappa shape index (κ3) is 3.93. The number of rotatable bonds is 5. The van der Waals surface area contributed by atoms with Crippen LogP contribution in [-0.4, -0.2) is 16.5 Å². The fraction of sp³-hybridized carbons (Fsp3) is 0.286. The fourth-order valence-electron chi connectivity index (χ4n) is 1.78. The first-order chi connectivity index (χ1) is 9.60. The molecule has 0 saturated carbocycles. The lowest BCUT2D eigenvalue weighted by molar-refractivity contribution is 0.868. The maximum absolute atomic E-state index is 4.46. The molecule has 0 bridgehead atoms. The van der Waals surface area contributed by atoms with Crippen LogP contribution >= 0.6 is 31.9 Å². The molecule has 106 valence electrons. The van der Waals surface area contributed by atoms with E-state index in [0.29, 0.717) is 5.95 Å². The highest BCUT2D eigenvalue weighted by Crippen LogP contribution is 2.26. The van der Waals surface area contributed by atoms with Crippen molar-refractivity contribution in [3.63, 3.8) is 0 Å². The summed E-state index contributed by atoms with van der Waals surface area (Å²) in [5.41, 5.74) is 1.19. The molecule has 0 radical (unpaired) electrons. The van der Waals surface area contributed by atoms with E-state index in [2.05, 4.69) is 71.5 Å². The molecular formula is C14H16Br2N4. The molecule has 2 N–H and O–H groups in total. The number of benzene rings is 1. The van der Waals surface area contributed by atoms with E-state index < -0.39 is 0 Å². The van der Waals surface area contributed by atoms with Crippen molar-refractivity contribution in [2.75, 3.05) is 17.2 Å². The van der Waals surface area contributed by atoms with E-state index in [9.17, 15) is 0 Å². The maximum atomic E-state index is 4.46. The van der Waals surface area contributed by atoms with Crippen molar-refractivity contribution in [2.24, 2.45) is 0 Å². The first kappa shape index (κ1) is 15.3. The highest BCUT2D eigenvalue weighted by molar-refractivity contribution is 9.10. The van der Waals surface area contributed by atoms with Crippen LogP contribution < -0.4 is 10.6 Å². The SMILES string of the molecule is CCNc1ncc(Br)c(NC(C)c2cccc(Br)c2)n1. The molecule has 0 spiro atoms. The Morgan fingerprint density at radius 1 is 1.30 bits per heavy atom. The Hall–Kier alpha value is -1.14. The van der Waals surface area contributed by atoms with Crippen molar-refractivity contribution in [3.05, 3.63) is 45.0 Å². The van der Waals surface area contributed by atoms with Gasteiger partial charge in [-0.3, -0.25) is 0 Å². The standard InChI is InChI=1S/C14H16Br2N4/c1-3-17-14-18-8-12(16)13(20-14)19-9(2)10-5-4-6-11(15)7-10/h4-9H,3H2,1-2H3,(H2,17,18,19,20). The zero-order valence-electron chi connectivity index (χ0n) is 11.3. The molecule has 1 aromatic heterocycles. The second kappa shape index (κ2) is 7.04. The second-order valence-corrected chi connectivity index (χ2v) is 6.11. The Morgan fingerprint density at radius 2 is 2.10 bits per heavy atom. The summed E-state index contributed by atoms with van der Waals surface area (Å²) in [5.74, 6) is 1.41. The summed E-state index contributed by atoms with van der Waals surface area (Å²) in [6.07, 6.45) is 1.75. The lowest BCUT2D eigenvalue weighted by Crippen LogP contribution is -2.10. The predicted octanol–water partition coefficient (Wildman–Crippen LogP) is 4.61. The van der Waals surface area contributed by atoms with Crippen molar-refractivity contribution >= 4 is 43.6 Å². The zero-order chi connectivity index (χ0) is 14.5. The van der Waals surface area contributed by atoms with Crippen molar-refractivity contribution < 1.29 is 0 Å². The number of nitrogens with one attached hydrogen (secondary N) is 2. The number of hydrogen-bond donors (Lipinski definition) is 2. The largest absolute Gasteiger partial charge is 0.362 e. The quantitative estimate of drug-likeness (QED) is 0.770. The topological polar surface area (TPSA) is 49.8 Å². The van der Waals surface area contributed by atoms with Gasteiger partial charge in [-0.15, -0.1) is 0 Å². The molecule has 6 heteroatoms. The van der Waals surface area contributed by atoms with E-state index in [4.69, 9.17) is 0 Å². The van der Waals surface area contributed by atoms with Crippen LogP contribution in [0.2, 0.25) is 0 Å². The molecule has 0 aliphatic carbocycles. The number of halogens is 2. The number of hydrogen-bond acceptors (Lipinski definition) is 4. The van der Waals surface area contributed by atoms with Gasteiger partial charge in [-0.2, -0.15) is 4.98 Å². The molecule has 0 amide bonds. The molecule has 0 fully saturated rings. The summed E-state index contributed by atoms with van der Waals surface area (Å²) >= 11 is 6.96. The van der Waals surface area contributed by atoms with Crippen LogP contribution in [0.1, 0.15) is 25.5 Å². The van der Waals surface area contributed by atoms with Crippen LogP contribution in [0.4, 0.5) is 11.8 Å². The Kier molecular flexibility index (Phi) is 5.37. The van der Waals surface area contributed by atoms with Crippen LogP contribution in [0.5, 0.6) is 0 Å². The monoisotopic (exact) mass is 398 g/mol. The first-order valence-corrected chi connectivity index (χ1v) is 7.97. The van der Waals surface area contributed by atoms with Gasteiger partial charge < -0.3 is 10.6 Å². The molecule has 20 heavy (non-hydrogen) atoms. The number of aromatic nitrogens is 2. The molecule has 0 saturated heterocycles. The van der Waals surface area contributed by atoms with Gasteiger partial charge in [-0.25, -0.2) is 4.98 Å². The molecule has 1 heterocycles. The molecule has 2 rings (SSSR count). The van der Waals surface area contributed by atoms with Gasteiger partial charge in [-0.05, 0) is 47.5 Å². The number of anilines is 2. The summed E-state index contributed by atoms with van der Waals surface area (Å²) < 4.78 is 1.92. The van der Waals surface area contributed by atoms with Gasteiger partial charge in [0, 0.05) is 17.2 Å². The van der Waals surface area contributed by atoms with E-state index in [1.54, 1.807) is 6.20 Å². The van der Waals surface area contributed by atoms with Crippen molar-refractivity contribution in [2.45, 2.75) is 19.9 Å². The van der Waals surface area contributed by atoms with Gasteiger partial charge >= 0.3 is 0 Å². The zero-order valence-corrected chi connectivity index (χ0v) is 14.5. The third-order valence-corrected chi connectivity index (χ3v) is 3.85. The van der Waals surface area contributed by atoms with E-state index >= 15 is 0 Å². The molecular weight excluding hydrogens is 384 g/mol. The van der Waals surface area contributed by atoms with Gasteiger partial charge in [-0.1, -0.05) is 28.1 Å². The van der Waals surface area contributed by atoms with Crippen molar-refractivity contribution in [1.82, 2.24) is 9.97 Å². The average Bonchev–Trinajstić information content (AvgIpc) is 2.43. The van der Waals surface area contributed by atoms with Gasteiger partial charge in [0.05, 0.1) is 10.5 Å². The highest BCUT2D eigenvalue weighted by atomic mass is 79.9. The Balaban J connectivity index is 2.18. The van der Waals surface area contributed by atoms with E-state index in [-0.39, 0.29) is 6.04 Å². The van der Waals surface area contributed by atoms with Crippen LogP contribution in [-0.2, 0) is 0 Å². The minimum absolute atomic E-state index is 0.146. The first-order valence-electron chi connectivity index (χ1n) is 6.38. The van der Waals surface area contributed by atoms with Crippen molar-refractivity contribution in [1.29, 1.82) is 0 Å². The Labute approximate surface area is 135 Å². The minimum atomic E-state index is 0.146. The smallest absolute Gasteiger partial charge is 0.224 e. The summed E-state index contributed by atoms with van der Waals surface area (Å²) in [5, 5.41) is 6.50. The summed E-state index contributed by atoms with van der Waals surface area (Å²) in [6.45, 7) is 4.91. The summed E-state index contributed by atoms with van der Waals surface area (Å²) in [4.78, 5) is 8.66. The Morgan fingerprint density at radius 3 is 2.80 bits per heavy atom. The highest BCUT2D eigenvalue weighted by Gasteiger charge is 2.10. The van der Waals surface area contributed by atoms with Gasteiger partial charge in [0.1, 0.15) is 5.82 Å². The number of nitrogens with zero attached hydrogens (tertiary/aromatic N) is 2. The van der Waals surface area contributed by atoms with Crippen molar-refractivity contribution in [3.8, 4) is 0 Å². The van der Waals surface area contributed by atoms with Crippen LogP contribution in [0.15, 0.2) is 39.4 Å². The molecule has 0 aliphatic rings. The second-order valence-electron chi connectivity index (χ2n) is 4.34. The lowest BCUT2D eigenvalue weighted by atomic mass is 10.1. The lowest BCUT2D eigenvalue weighted by Gasteiger charge is -2.16. The van der Waals surface area contributed by atoms with E-state index in [1.807, 2.05) is 19.1 Å². The predicted molar refractivity (Wildman–Crippen MR) is 90.1 cm³/mol.